The van der Waals surface area contributed by atoms with E-state index in [1.165, 1.54) is 31.5 Å². The molecule has 0 aliphatic carbocycles. The normalized spacial score (nSPS) is 11.5. The Balaban J connectivity index is 1.94. The monoisotopic (exact) mass is 364 g/mol. The van der Waals surface area contributed by atoms with Gasteiger partial charge in [-0.3, -0.25) is 4.79 Å². The van der Waals surface area contributed by atoms with Crippen LogP contribution in [0.2, 0.25) is 0 Å². The molecule has 114 valence electrons. The van der Waals surface area contributed by atoms with Crippen LogP contribution in [0.15, 0.2) is 53.3 Å². The lowest BCUT2D eigenvalue weighted by Gasteiger charge is -2.13. The molecule has 6 nitrogen and oxygen atoms in total. The molecule has 1 aromatic carbocycles. The van der Waals surface area contributed by atoms with E-state index in [4.69, 9.17) is 4.74 Å². The Morgan fingerprint density at radius 1 is 1.18 bits per heavy atom. The number of esters is 1. The van der Waals surface area contributed by atoms with E-state index in [2.05, 4.69) is 21.2 Å². The van der Waals surface area contributed by atoms with Gasteiger partial charge in [-0.25, -0.2) is 4.79 Å². The van der Waals surface area contributed by atoms with E-state index in [9.17, 15) is 14.8 Å². The van der Waals surface area contributed by atoms with E-state index in [0.29, 0.717) is 10.4 Å². The molecule has 1 amide bonds. The van der Waals surface area contributed by atoms with E-state index in [-0.39, 0.29) is 5.56 Å². The molecule has 0 bridgehead atoms. The molecule has 7 heteroatoms. The molecule has 1 N–H and O–H groups in total. The number of aromatic nitrogens is 1. The second kappa shape index (κ2) is 7.04. The van der Waals surface area contributed by atoms with E-state index >= 15 is 0 Å². The number of pyridine rings is 1. The van der Waals surface area contributed by atoms with Crippen LogP contribution in [0.3, 0.4) is 0 Å². The lowest BCUT2D eigenvalue weighted by atomic mass is 10.2. The Morgan fingerprint density at radius 2 is 1.77 bits per heavy atom. The Bertz CT molecular complexity index is 671. The molecular weight excluding hydrogens is 352 g/mol. The third-order valence-corrected chi connectivity index (χ3v) is 3.33. The SMILES string of the molecule is C[C@H](OC(=O)c1cc[n+]([O-])cc1)C(=O)Nc1ccc(Br)cc1. The van der Waals surface area contributed by atoms with Crippen molar-refractivity contribution in [3.05, 3.63) is 64.0 Å². The van der Waals surface area contributed by atoms with Crippen molar-refractivity contribution in [2.75, 3.05) is 5.32 Å². The lowest BCUT2D eigenvalue weighted by Crippen LogP contribution is -2.30. The summed E-state index contributed by atoms with van der Waals surface area (Å²) in [4.78, 5) is 23.8. The fraction of sp³-hybridized carbons (Fsp3) is 0.133. The second-order valence-electron chi connectivity index (χ2n) is 4.49. The Morgan fingerprint density at radius 3 is 2.36 bits per heavy atom. The minimum Gasteiger partial charge on any atom is -0.619 e. The first-order valence-electron chi connectivity index (χ1n) is 6.42. The van der Waals surface area contributed by atoms with Crippen molar-refractivity contribution in [3.8, 4) is 0 Å². The zero-order valence-electron chi connectivity index (χ0n) is 11.7. The number of halogens is 1. The summed E-state index contributed by atoms with van der Waals surface area (Å²) < 4.78 is 6.51. The number of benzene rings is 1. The summed E-state index contributed by atoms with van der Waals surface area (Å²) in [5.74, 6) is -1.11. The van der Waals surface area contributed by atoms with Gasteiger partial charge in [-0.1, -0.05) is 15.9 Å². The zero-order valence-corrected chi connectivity index (χ0v) is 13.2. The van der Waals surface area contributed by atoms with Gasteiger partial charge in [0.2, 0.25) is 0 Å². The largest absolute Gasteiger partial charge is 0.619 e. The van der Waals surface area contributed by atoms with Crippen LogP contribution in [0.5, 0.6) is 0 Å². The van der Waals surface area contributed by atoms with Gasteiger partial charge < -0.3 is 15.3 Å². The van der Waals surface area contributed by atoms with E-state index < -0.39 is 18.0 Å². The standard InChI is InChI=1S/C15H13BrN2O4/c1-10(14(19)17-13-4-2-12(16)3-5-13)22-15(20)11-6-8-18(21)9-7-11/h2-10H,1H3,(H,17,19)/t10-/m0/s1. The molecule has 2 aromatic rings. The number of ether oxygens (including phenoxy) is 1. The zero-order chi connectivity index (χ0) is 16.1. The van der Waals surface area contributed by atoms with Crippen molar-refractivity contribution in [1.82, 2.24) is 0 Å². The van der Waals surface area contributed by atoms with Crippen LogP contribution < -0.4 is 10.0 Å². The fourth-order valence-electron chi connectivity index (χ4n) is 1.61. The van der Waals surface area contributed by atoms with Gasteiger partial charge in [0.05, 0.1) is 5.56 Å². The molecule has 1 heterocycles. The molecule has 0 aliphatic rings. The molecule has 0 aliphatic heterocycles. The van der Waals surface area contributed by atoms with Crippen LogP contribution >= 0.6 is 15.9 Å². The highest BCUT2D eigenvalue weighted by Crippen LogP contribution is 2.14. The van der Waals surface area contributed by atoms with Crippen molar-refractivity contribution in [1.29, 1.82) is 0 Å². The number of carbonyl (C=O) groups excluding carboxylic acids is 2. The highest BCUT2D eigenvalue weighted by Gasteiger charge is 2.19. The first-order valence-corrected chi connectivity index (χ1v) is 7.21. The quantitative estimate of drug-likeness (QED) is 0.512. The molecule has 0 unspecified atom stereocenters. The summed E-state index contributed by atoms with van der Waals surface area (Å²) in [6, 6.07) is 9.67. The van der Waals surface area contributed by atoms with E-state index in [1.54, 1.807) is 24.3 Å². The summed E-state index contributed by atoms with van der Waals surface area (Å²) in [6.45, 7) is 1.48. The maximum atomic E-state index is 12.0. The van der Waals surface area contributed by atoms with Gasteiger partial charge in [-0.2, -0.15) is 4.73 Å². The fourth-order valence-corrected chi connectivity index (χ4v) is 1.87. The maximum absolute atomic E-state index is 12.0. The third kappa shape index (κ3) is 4.29. The Labute approximate surface area is 135 Å². The van der Waals surface area contributed by atoms with Gasteiger partial charge in [0.15, 0.2) is 18.5 Å². The van der Waals surface area contributed by atoms with Gasteiger partial charge in [0.25, 0.3) is 5.91 Å². The molecule has 0 fully saturated rings. The van der Waals surface area contributed by atoms with Crippen LogP contribution in [0.1, 0.15) is 17.3 Å². The summed E-state index contributed by atoms with van der Waals surface area (Å²) >= 11 is 3.30. The van der Waals surface area contributed by atoms with Crippen molar-refractivity contribution >= 4 is 33.5 Å². The predicted molar refractivity (Wildman–Crippen MR) is 83.1 cm³/mol. The molecular formula is C15H13BrN2O4. The van der Waals surface area contributed by atoms with Gasteiger partial charge in [0, 0.05) is 22.3 Å². The number of anilines is 1. The van der Waals surface area contributed by atoms with Crippen molar-refractivity contribution in [2.24, 2.45) is 0 Å². The third-order valence-electron chi connectivity index (χ3n) is 2.80. The first-order chi connectivity index (χ1) is 10.5. The second-order valence-corrected chi connectivity index (χ2v) is 5.41. The van der Waals surface area contributed by atoms with Gasteiger partial charge >= 0.3 is 5.97 Å². The average molecular weight is 365 g/mol. The average Bonchev–Trinajstić information content (AvgIpc) is 2.50. The highest BCUT2D eigenvalue weighted by molar-refractivity contribution is 9.10. The van der Waals surface area contributed by atoms with Crippen LogP contribution in [0, 0.1) is 5.21 Å². The van der Waals surface area contributed by atoms with Crippen molar-refractivity contribution in [2.45, 2.75) is 13.0 Å². The minimum absolute atomic E-state index is 0.204. The van der Waals surface area contributed by atoms with Crippen LogP contribution in [0.25, 0.3) is 0 Å². The maximum Gasteiger partial charge on any atom is 0.339 e. The molecule has 0 spiro atoms. The number of nitrogens with one attached hydrogen (secondary N) is 1. The van der Waals surface area contributed by atoms with E-state index in [0.717, 1.165) is 4.47 Å². The molecule has 1 atom stereocenters. The molecule has 0 saturated carbocycles. The summed E-state index contributed by atoms with van der Waals surface area (Å²) in [5, 5.41) is 13.5. The number of amides is 1. The lowest BCUT2D eigenvalue weighted by molar-refractivity contribution is -0.605. The first kappa shape index (κ1) is 16.0. The van der Waals surface area contributed by atoms with Crippen molar-refractivity contribution < 1.29 is 19.1 Å². The summed E-state index contributed by atoms with van der Waals surface area (Å²) in [7, 11) is 0. The molecule has 22 heavy (non-hydrogen) atoms. The summed E-state index contributed by atoms with van der Waals surface area (Å²) in [6.07, 6.45) is 1.41. The van der Waals surface area contributed by atoms with Gasteiger partial charge in [-0.15, -0.1) is 0 Å². The van der Waals surface area contributed by atoms with Crippen LogP contribution in [-0.2, 0) is 9.53 Å². The Hall–Kier alpha value is -2.41. The van der Waals surface area contributed by atoms with Crippen LogP contribution in [-0.4, -0.2) is 18.0 Å². The smallest absolute Gasteiger partial charge is 0.339 e. The van der Waals surface area contributed by atoms with Crippen LogP contribution in [0.4, 0.5) is 5.69 Å². The molecule has 0 saturated heterocycles. The Kier molecular flexibility index (Phi) is 5.11. The predicted octanol–water partition coefficient (Wildman–Crippen LogP) is 2.27. The van der Waals surface area contributed by atoms with E-state index in [1.807, 2.05) is 0 Å². The molecule has 2 rings (SSSR count). The number of rotatable bonds is 4. The van der Waals surface area contributed by atoms with Gasteiger partial charge in [-0.05, 0) is 31.2 Å². The topological polar surface area (TPSA) is 82.3 Å². The van der Waals surface area contributed by atoms with Crippen molar-refractivity contribution in [3.63, 3.8) is 0 Å². The summed E-state index contributed by atoms with van der Waals surface area (Å²) in [5.41, 5.74) is 0.804. The molecule has 1 aromatic heterocycles. The minimum atomic E-state index is -0.962. The number of carbonyl (C=O) groups is 2. The highest BCUT2D eigenvalue weighted by atomic mass is 79.9. The number of nitrogens with zero attached hydrogens (tertiary/aromatic N) is 1. The van der Waals surface area contributed by atoms with Gasteiger partial charge in [0.1, 0.15) is 0 Å². The number of hydrogen-bond acceptors (Lipinski definition) is 4. The molecule has 0 radical (unpaired) electrons. The number of hydrogen-bond donors (Lipinski definition) is 1.